The molecular weight excluding hydrogens is 385 g/mol. The SMILES string of the molecule is CN(C)C(=O)CNCc1cc2c(Nc3cccc(Cl)c3F)ncnc2cc1O. The van der Waals surface area contributed by atoms with Gasteiger partial charge in [-0.15, -0.1) is 0 Å². The van der Waals surface area contributed by atoms with E-state index in [4.69, 9.17) is 11.6 Å². The van der Waals surface area contributed by atoms with Crippen LogP contribution in [0.4, 0.5) is 15.9 Å². The second-order valence-corrected chi connectivity index (χ2v) is 6.75. The van der Waals surface area contributed by atoms with E-state index in [2.05, 4.69) is 20.6 Å². The highest BCUT2D eigenvalue weighted by molar-refractivity contribution is 6.31. The van der Waals surface area contributed by atoms with Crippen LogP contribution in [-0.4, -0.2) is 46.5 Å². The maximum Gasteiger partial charge on any atom is 0.236 e. The van der Waals surface area contributed by atoms with Crippen LogP contribution in [0.5, 0.6) is 5.75 Å². The first-order valence-corrected chi connectivity index (χ1v) is 8.83. The number of nitrogens with zero attached hydrogens (tertiary/aromatic N) is 3. The first-order chi connectivity index (χ1) is 13.4. The van der Waals surface area contributed by atoms with Gasteiger partial charge in [-0.1, -0.05) is 17.7 Å². The van der Waals surface area contributed by atoms with Crippen molar-refractivity contribution in [2.75, 3.05) is 26.0 Å². The van der Waals surface area contributed by atoms with Gasteiger partial charge in [0.05, 0.1) is 22.8 Å². The Balaban J connectivity index is 1.90. The van der Waals surface area contributed by atoms with Gasteiger partial charge in [-0.2, -0.15) is 0 Å². The fourth-order valence-corrected chi connectivity index (χ4v) is 2.74. The number of benzene rings is 2. The van der Waals surface area contributed by atoms with Crippen LogP contribution in [-0.2, 0) is 11.3 Å². The van der Waals surface area contributed by atoms with Crippen LogP contribution in [0.15, 0.2) is 36.7 Å². The van der Waals surface area contributed by atoms with E-state index < -0.39 is 5.82 Å². The molecule has 3 rings (SSSR count). The van der Waals surface area contributed by atoms with Crippen LogP contribution >= 0.6 is 11.6 Å². The van der Waals surface area contributed by atoms with E-state index in [-0.39, 0.29) is 35.5 Å². The maximum absolute atomic E-state index is 14.2. The van der Waals surface area contributed by atoms with E-state index in [1.54, 1.807) is 32.3 Å². The minimum atomic E-state index is -0.584. The first kappa shape index (κ1) is 19.8. The summed E-state index contributed by atoms with van der Waals surface area (Å²) < 4.78 is 14.2. The number of aromatic nitrogens is 2. The van der Waals surface area contributed by atoms with Gasteiger partial charge >= 0.3 is 0 Å². The third-order valence-corrected chi connectivity index (χ3v) is 4.42. The lowest BCUT2D eigenvalue weighted by Gasteiger charge is -2.13. The molecule has 0 aliphatic heterocycles. The van der Waals surface area contributed by atoms with Crippen LogP contribution in [0.3, 0.4) is 0 Å². The molecule has 3 aromatic rings. The summed E-state index contributed by atoms with van der Waals surface area (Å²) in [5.41, 5.74) is 1.23. The van der Waals surface area contributed by atoms with Crippen molar-refractivity contribution in [3.05, 3.63) is 53.1 Å². The Morgan fingerprint density at radius 2 is 2.07 bits per heavy atom. The molecule has 0 unspecified atom stereocenters. The Kier molecular flexibility index (Phi) is 5.91. The maximum atomic E-state index is 14.2. The molecule has 0 saturated heterocycles. The molecule has 1 heterocycles. The molecule has 7 nitrogen and oxygen atoms in total. The highest BCUT2D eigenvalue weighted by Crippen LogP contribution is 2.31. The molecule has 0 atom stereocenters. The van der Waals surface area contributed by atoms with Gasteiger partial charge in [-0.05, 0) is 18.2 Å². The summed E-state index contributed by atoms with van der Waals surface area (Å²) in [6, 6.07) is 7.83. The van der Waals surface area contributed by atoms with Gasteiger partial charge in [-0.3, -0.25) is 4.79 Å². The summed E-state index contributed by atoms with van der Waals surface area (Å²) in [4.78, 5) is 21.5. The van der Waals surface area contributed by atoms with E-state index in [9.17, 15) is 14.3 Å². The van der Waals surface area contributed by atoms with Gasteiger partial charge in [0.15, 0.2) is 5.82 Å². The number of anilines is 2. The molecule has 0 fully saturated rings. The molecule has 0 aliphatic rings. The Morgan fingerprint density at radius 3 is 2.82 bits per heavy atom. The topological polar surface area (TPSA) is 90.4 Å². The van der Waals surface area contributed by atoms with Gasteiger partial charge in [0.25, 0.3) is 0 Å². The van der Waals surface area contributed by atoms with Crippen LogP contribution in [0, 0.1) is 5.82 Å². The van der Waals surface area contributed by atoms with E-state index in [0.717, 1.165) is 0 Å². The van der Waals surface area contributed by atoms with Crippen LogP contribution in [0.25, 0.3) is 10.9 Å². The number of phenolic OH excluding ortho intramolecular Hbond substituents is 1. The zero-order chi connectivity index (χ0) is 20.3. The van der Waals surface area contributed by atoms with Gasteiger partial charge in [0.2, 0.25) is 5.91 Å². The van der Waals surface area contributed by atoms with Crippen molar-refractivity contribution in [3.8, 4) is 5.75 Å². The van der Waals surface area contributed by atoms with Crippen molar-refractivity contribution >= 4 is 39.9 Å². The number of nitrogens with one attached hydrogen (secondary N) is 2. The Labute approximate surface area is 166 Å². The molecule has 3 N–H and O–H groups in total. The smallest absolute Gasteiger partial charge is 0.236 e. The molecule has 0 saturated carbocycles. The molecule has 28 heavy (non-hydrogen) atoms. The fraction of sp³-hybridized carbons (Fsp3) is 0.211. The van der Waals surface area contributed by atoms with Crippen molar-refractivity contribution in [1.29, 1.82) is 0 Å². The van der Waals surface area contributed by atoms with E-state index in [1.807, 2.05) is 0 Å². The largest absolute Gasteiger partial charge is 0.508 e. The van der Waals surface area contributed by atoms with Crippen LogP contribution in [0.2, 0.25) is 5.02 Å². The van der Waals surface area contributed by atoms with Gasteiger partial charge in [0.1, 0.15) is 17.9 Å². The van der Waals surface area contributed by atoms with Crippen molar-refractivity contribution in [2.45, 2.75) is 6.54 Å². The molecule has 1 aromatic heterocycles. The molecule has 0 radical (unpaired) electrons. The van der Waals surface area contributed by atoms with Crippen LogP contribution < -0.4 is 10.6 Å². The van der Waals surface area contributed by atoms with Crippen molar-refractivity contribution in [1.82, 2.24) is 20.2 Å². The Bertz CT molecular complexity index is 1030. The number of amides is 1. The summed E-state index contributed by atoms with van der Waals surface area (Å²) in [7, 11) is 3.34. The molecule has 0 spiro atoms. The number of halogens is 2. The quantitative estimate of drug-likeness (QED) is 0.586. The number of hydrogen-bond donors (Lipinski definition) is 3. The lowest BCUT2D eigenvalue weighted by Crippen LogP contribution is -2.32. The molecule has 1 amide bonds. The number of aromatic hydroxyl groups is 1. The first-order valence-electron chi connectivity index (χ1n) is 8.45. The average molecular weight is 404 g/mol. The molecule has 0 aliphatic carbocycles. The highest BCUT2D eigenvalue weighted by atomic mass is 35.5. The predicted molar refractivity (Wildman–Crippen MR) is 106 cm³/mol. The Morgan fingerprint density at radius 1 is 1.29 bits per heavy atom. The van der Waals surface area contributed by atoms with E-state index >= 15 is 0 Å². The summed E-state index contributed by atoms with van der Waals surface area (Å²) >= 11 is 5.83. The fourth-order valence-electron chi connectivity index (χ4n) is 2.57. The zero-order valence-corrected chi connectivity index (χ0v) is 16.1. The molecular formula is C19H19ClFN5O2. The van der Waals surface area contributed by atoms with Gasteiger partial charge in [-0.25, -0.2) is 14.4 Å². The predicted octanol–water partition coefficient (Wildman–Crippen LogP) is 3.05. The molecule has 9 heteroatoms. The number of fused-ring (bicyclic) bond motifs is 1. The average Bonchev–Trinajstić information content (AvgIpc) is 2.66. The van der Waals surface area contributed by atoms with Crippen molar-refractivity contribution in [3.63, 3.8) is 0 Å². The number of hydrogen-bond acceptors (Lipinski definition) is 6. The van der Waals surface area contributed by atoms with Crippen molar-refractivity contribution in [2.24, 2.45) is 0 Å². The number of rotatable bonds is 6. The van der Waals surface area contributed by atoms with E-state index in [0.29, 0.717) is 22.3 Å². The lowest BCUT2D eigenvalue weighted by molar-refractivity contribution is -0.127. The number of carbonyl (C=O) groups is 1. The molecule has 2 aromatic carbocycles. The lowest BCUT2D eigenvalue weighted by atomic mass is 10.1. The summed E-state index contributed by atoms with van der Waals surface area (Å²) in [6.07, 6.45) is 1.32. The Hall–Kier alpha value is -2.97. The number of likely N-dealkylation sites (N-methyl/N-ethyl adjacent to an activating group) is 1. The second-order valence-electron chi connectivity index (χ2n) is 6.34. The summed E-state index contributed by atoms with van der Waals surface area (Å²) in [5.74, 6) is -0.256. The monoisotopic (exact) mass is 403 g/mol. The third-order valence-electron chi connectivity index (χ3n) is 4.13. The van der Waals surface area contributed by atoms with Gasteiger partial charge < -0.3 is 20.6 Å². The second kappa shape index (κ2) is 8.37. The number of phenols is 1. The normalized spacial score (nSPS) is 10.9. The van der Waals surface area contributed by atoms with Crippen LogP contribution in [0.1, 0.15) is 5.56 Å². The number of carbonyl (C=O) groups excluding carboxylic acids is 1. The zero-order valence-electron chi connectivity index (χ0n) is 15.3. The summed E-state index contributed by atoms with van der Waals surface area (Å²) in [6.45, 7) is 0.399. The molecule has 0 bridgehead atoms. The van der Waals surface area contributed by atoms with Crippen molar-refractivity contribution < 1.29 is 14.3 Å². The van der Waals surface area contributed by atoms with Gasteiger partial charge in [0, 0.05) is 37.7 Å². The highest BCUT2D eigenvalue weighted by Gasteiger charge is 2.13. The third kappa shape index (κ3) is 4.29. The minimum Gasteiger partial charge on any atom is -0.508 e. The minimum absolute atomic E-state index is 0.00328. The standard InChI is InChI=1S/C19H19ClFN5O2/c1-26(2)17(28)9-22-8-11-6-12-15(7-16(11)27)23-10-24-19(12)25-14-5-3-4-13(20)18(14)21/h3-7,10,22,27H,8-9H2,1-2H3,(H,23,24,25). The van der Waals surface area contributed by atoms with E-state index in [1.165, 1.54) is 23.4 Å². The molecule has 146 valence electrons. The summed E-state index contributed by atoms with van der Waals surface area (Å²) in [5, 5.41) is 16.7.